The molecule has 1 unspecified atom stereocenters. The van der Waals surface area contributed by atoms with Crippen molar-refractivity contribution >= 4 is 5.91 Å². The molecule has 0 aromatic heterocycles. The summed E-state index contributed by atoms with van der Waals surface area (Å²) in [7, 11) is 0. The third kappa shape index (κ3) is 4.20. The highest BCUT2D eigenvalue weighted by molar-refractivity contribution is 5.78. The molecule has 148 valence electrons. The number of piperidine rings is 1. The highest BCUT2D eigenvalue weighted by Gasteiger charge is 2.40. The standard InChI is InChI=1S/C20H28N2O5/c23-12-16-3-4-20(5-7-25-8-6-20)13-22(16)11-19(24)21-10-15-1-2-17-18(9-15)27-14-26-17/h1-2,9,16,23H,3-8,10-14H2,(H,21,24). The first kappa shape index (κ1) is 18.5. The summed E-state index contributed by atoms with van der Waals surface area (Å²) in [5.41, 5.74) is 1.22. The maximum Gasteiger partial charge on any atom is 0.234 e. The predicted molar refractivity (Wildman–Crippen MR) is 98.6 cm³/mol. The lowest BCUT2D eigenvalue weighted by Gasteiger charge is -2.48. The van der Waals surface area contributed by atoms with Gasteiger partial charge in [-0.3, -0.25) is 9.69 Å². The van der Waals surface area contributed by atoms with Crippen molar-refractivity contribution in [3.8, 4) is 11.5 Å². The minimum Gasteiger partial charge on any atom is -0.454 e. The SMILES string of the molecule is O=C(CN1CC2(CCOCC2)CCC1CO)NCc1ccc2c(c1)OCO2. The van der Waals surface area contributed by atoms with Crippen molar-refractivity contribution in [3.63, 3.8) is 0 Å². The Balaban J connectivity index is 1.33. The van der Waals surface area contributed by atoms with Crippen molar-refractivity contribution in [3.05, 3.63) is 23.8 Å². The molecule has 2 saturated heterocycles. The number of benzene rings is 1. The summed E-state index contributed by atoms with van der Waals surface area (Å²) in [5, 5.41) is 12.7. The molecule has 1 aromatic carbocycles. The lowest BCUT2D eigenvalue weighted by atomic mass is 9.72. The Bertz CT molecular complexity index is 674. The van der Waals surface area contributed by atoms with Gasteiger partial charge in [0.25, 0.3) is 0 Å². The fourth-order valence-electron chi connectivity index (χ4n) is 4.39. The molecule has 3 aliphatic heterocycles. The molecule has 27 heavy (non-hydrogen) atoms. The van der Waals surface area contributed by atoms with E-state index < -0.39 is 0 Å². The van der Waals surface area contributed by atoms with Crippen LogP contribution < -0.4 is 14.8 Å². The number of aliphatic hydroxyl groups excluding tert-OH is 1. The first-order chi connectivity index (χ1) is 13.2. The van der Waals surface area contributed by atoms with E-state index in [1.807, 2.05) is 18.2 Å². The number of amides is 1. The van der Waals surface area contributed by atoms with Crippen molar-refractivity contribution in [1.29, 1.82) is 0 Å². The molecule has 4 rings (SSSR count). The summed E-state index contributed by atoms with van der Waals surface area (Å²) in [6, 6.07) is 5.76. The van der Waals surface area contributed by atoms with Gasteiger partial charge in [-0.2, -0.15) is 0 Å². The number of fused-ring (bicyclic) bond motifs is 1. The van der Waals surface area contributed by atoms with Gasteiger partial charge in [0.2, 0.25) is 12.7 Å². The Morgan fingerprint density at radius 3 is 2.85 bits per heavy atom. The van der Waals surface area contributed by atoms with Gasteiger partial charge in [-0.05, 0) is 48.8 Å². The number of aliphatic hydroxyl groups is 1. The molecule has 7 nitrogen and oxygen atoms in total. The molecule has 0 saturated carbocycles. The third-order valence-corrected chi connectivity index (χ3v) is 6.10. The molecule has 1 amide bonds. The number of nitrogens with one attached hydrogen (secondary N) is 1. The second-order valence-corrected chi connectivity index (χ2v) is 7.86. The average Bonchev–Trinajstić information content (AvgIpc) is 3.15. The molecular formula is C20H28N2O5. The second kappa shape index (κ2) is 8.04. The van der Waals surface area contributed by atoms with Gasteiger partial charge in [0, 0.05) is 32.3 Å². The first-order valence-corrected chi connectivity index (χ1v) is 9.75. The summed E-state index contributed by atoms with van der Waals surface area (Å²) in [6.45, 7) is 3.57. The average molecular weight is 376 g/mol. The van der Waals surface area contributed by atoms with Crippen molar-refractivity contribution in [2.24, 2.45) is 5.41 Å². The Labute approximate surface area is 159 Å². The van der Waals surface area contributed by atoms with Gasteiger partial charge in [-0.15, -0.1) is 0 Å². The van der Waals surface area contributed by atoms with Crippen molar-refractivity contribution in [2.45, 2.75) is 38.3 Å². The molecule has 2 fully saturated rings. The van der Waals surface area contributed by atoms with Crippen LogP contribution in [0.3, 0.4) is 0 Å². The minimum absolute atomic E-state index is 0.0183. The van der Waals surface area contributed by atoms with Gasteiger partial charge in [0.15, 0.2) is 11.5 Å². The summed E-state index contributed by atoms with van der Waals surface area (Å²) in [5.74, 6) is 1.45. The van der Waals surface area contributed by atoms with Crippen LogP contribution in [0.5, 0.6) is 11.5 Å². The van der Waals surface area contributed by atoms with Gasteiger partial charge in [0.05, 0.1) is 13.2 Å². The molecule has 3 aliphatic rings. The normalized spacial score (nSPS) is 24.1. The van der Waals surface area contributed by atoms with Crippen molar-refractivity contribution in [2.75, 3.05) is 39.7 Å². The van der Waals surface area contributed by atoms with Crippen LogP contribution >= 0.6 is 0 Å². The van der Waals surface area contributed by atoms with Crippen LogP contribution in [-0.4, -0.2) is 61.7 Å². The number of hydrogen-bond acceptors (Lipinski definition) is 6. The number of carbonyl (C=O) groups is 1. The summed E-state index contributed by atoms with van der Waals surface area (Å²) < 4.78 is 16.2. The molecule has 1 spiro atoms. The number of nitrogens with zero attached hydrogens (tertiary/aromatic N) is 1. The van der Waals surface area contributed by atoms with Crippen LogP contribution in [0.2, 0.25) is 0 Å². The van der Waals surface area contributed by atoms with Crippen molar-refractivity contribution in [1.82, 2.24) is 10.2 Å². The van der Waals surface area contributed by atoms with E-state index in [-0.39, 0.29) is 30.8 Å². The zero-order chi connectivity index (χ0) is 18.7. The van der Waals surface area contributed by atoms with Crippen LogP contribution in [-0.2, 0) is 16.1 Å². The Morgan fingerprint density at radius 2 is 2.04 bits per heavy atom. The van der Waals surface area contributed by atoms with Crippen LogP contribution in [0.25, 0.3) is 0 Å². The number of carbonyl (C=O) groups excluding carboxylic acids is 1. The van der Waals surface area contributed by atoms with Crippen molar-refractivity contribution < 1.29 is 24.1 Å². The number of likely N-dealkylation sites (tertiary alicyclic amines) is 1. The van der Waals surface area contributed by atoms with Gasteiger partial charge in [-0.1, -0.05) is 6.07 Å². The summed E-state index contributed by atoms with van der Waals surface area (Å²) in [6.07, 6.45) is 4.13. The number of ether oxygens (including phenoxy) is 3. The maximum absolute atomic E-state index is 12.5. The smallest absolute Gasteiger partial charge is 0.234 e. The quantitative estimate of drug-likeness (QED) is 0.806. The molecule has 3 heterocycles. The number of hydrogen-bond donors (Lipinski definition) is 2. The fraction of sp³-hybridized carbons (Fsp3) is 0.650. The molecule has 0 bridgehead atoms. The lowest BCUT2D eigenvalue weighted by molar-refractivity contribution is -0.125. The maximum atomic E-state index is 12.5. The first-order valence-electron chi connectivity index (χ1n) is 9.75. The van der Waals surface area contributed by atoms with E-state index >= 15 is 0 Å². The highest BCUT2D eigenvalue weighted by atomic mass is 16.7. The lowest BCUT2D eigenvalue weighted by Crippen LogP contribution is -2.54. The van der Waals surface area contributed by atoms with E-state index in [0.717, 1.165) is 62.5 Å². The Morgan fingerprint density at radius 1 is 1.22 bits per heavy atom. The molecular weight excluding hydrogens is 348 g/mol. The molecule has 1 atom stereocenters. The molecule has 0 aliphatic carbocycles. The predicted octanol–water partition coefficient (Wildman–Crippen LogP) is 1.28. The number of rotatable bonds is 5. The topological polar surface area (TPSA) is 80.3 Å². The van der Waals surface area contributed by atoms with E-state index in [2.05, 4.69) is 10.2 Å². The minimum atomic E-state index is -0.0183. The highest BCUT2D eigenvalue weighted by Crippen LogP contribution is 2.40. The van der Waals surface area contributed by atoms with Gasteiger partial charge >= 0.3 is 0 Å². The third-order valence-electron chi connectivity index (χ3n) is 6.10. The zero-order valence-electron chi connectivity index (χ0n) is 15.6. The Hall–Kier alpha value is -1.83. The van der Waals surface area contributed by atoms with Gasteiger partial charge < -0.3 is 24.6 Å². The van der Waals surface area contributed by atoms with E-state index in [0.29, 0.717) is 13.1 Å². The van der Waals surface area contributed by atoms with E-state index in [4.69, 9.17) is 14.2 Å². The summed E-state index contributed by atoms with van der Waals surface area (Å²) in [4.78, 5) is 14.7. The zero-order valence-corrected chi connectivity index (χ0v) is 15.6. The fourth-order valence-corrected chi connectivity index (χ4v) is 4.39. The molecule has 0 radical (unpaired) electrons. The molecule has 2 N–H and O–H groups in total. The van der Waals surface area contributed by atoms with Crippen LogP contribution in [0.1, 0.15) is 31.2 Å². The summed E-state index contributed by atoms with van der Waals surface area (Å²) >= 11 is 0. The van der Waals surface area contributed by atoms with E-state index in [1.165, 1.54) is 0 Å². The largest absolute Gasteiger partial charge is 0.454 e. The van der Waals surface area contributed by atoms with Crippen LogP contribution in [0, 0.1) is 5.41 Å². The van der Waals surface area contributed by atoms with E-state index in [9.17, 15) is 9.90 Å². The van der Waals surface area contributed by atoms with Crippen LogP contribution in [0.4, 0.5) is 0 Å². The monoisotopic (exact) mass is 376 g/mol. The van der Waals surface area contributed by atoms with Gasteiger partial charge in [0.1, 0.15) is 0 Å². The van der Waals surface area contributed by atoms with E-state index in [1.54, 1.807) is 0 Å². The van der Waals surface area contributed by atoms with Crippen LogP contribution in [0.15, 0.2) is 18.2 Å². The molecule has 1 aromatic rings. The molecule has 7 heteroatoms. The Kier molecular flexibility index (Phi) is 5.52. The van der Waals surface area contributed by atoms with Gasteiger partial charge in [-0.25, -0.2) is 0 Å². The second-order valence-electron chi connectivity index (χ2n) is 7.86.